The summed E-state index contributed by atoms with van der Waals surface area (Å²) in [4.78, 5) is 22.4. The molecular formula is C13H16O8. The third-order valence-electron chi connectivity index (χ3n) is 2.44. The van der Waals surface area contributed by atoms with Gasteiger partial charge in [-0.05, 0) is 12.1 Å². The second-order valence-corrected chi connectivity index (χ2v) is 3.89. The minimum Gasteiger partial charge on any atom is -0.481 e. The molecule has 0 unspecified atom stereocenters. The van der Waals surface area contributed by atoms with Crippen molar-refractivity contribution < 1.29 is 38.7 Å². The van der Waals surface area contributed by atoms with Crippen LogP contribution in [0.4, 0.5) is 0 Å². The van der Waals surface area contributed by atoms with Gasteiger partial charge in [0.25, 0.3) is 0 Å². The van der Waals surface area contributed by atoms with E-state index in [4.69, 9.17) is 24.1 Å². The number of carbonyl (C=O) groups is 2. The van der Waals surface area contributed by atoms with Gasteiger partial charge in [0.2, 0.25) is 0 Å². The van der Waals surface area contributed by atoms with E-state index < -0.39 is 18.4 Å². The van der Waals surface area contributed by atoms with Crippen LogP contribution in [0.25, 0.3) is 0 Å². The summed E-state index contributed by atoms with van der Waals surface area (Å²) in [6.45, 7) is -0.297. The Labute approximate surface area is 120 Å². The number of ether oxygens (including phenoxy) is 4. The van der Waals surface area contributed by atoms with E-state index in [1.807, 2.05) is 0 Å². The van der Waals surface area contributed by atoms with Gasteiger partial charge >= 0.3 is 11.9 Å². The average Bonchev–Trinajstić information content (AvgIpc) is 2.42. The summed E-state index contributed by atoms with van der Waals surface area (Å²) in [5.74, 6) is -2.39. The molecule has 0 saturated carbocycles. The Kier molecular flexibility index (Phi) is 6.44. The van der Waals surface area contributed by atoms with Crippen LogP contribution in [0.5, 0.6) is 11.5 Å². The average molecular weight is 300 g/mol. The van der Waals surface area contributed by atoms with Crippen molar-refractivity contribution in [1.29, 1.82) is 0 Å². The predicted octanol–water partition coefficient (Wildman–Crippen LogP) is 0.977. The molecule has 0 saturated heterocycles. The maximum absolute atomic E-state index is 11.4. The van der Waals surface area contributed by atoms with Crippen LogP contribution in [0.2, 0.25) is 0 Å². The van der Waals surface area contributed by atoms with E-state index in [1.54, 1.807) is 0 Å². The molecule has 0 spiro atoms. The van der Waals surface area contributed by atoms with Gasteiger partial charge in [-0.2, -0.15) is 0 Å². The summed E-state index contributed by atoms with van der Waals surface area (Å²) >= 11 is 0. The highest BCUT2D eigenvalue weighted by Crippen LogP contribution is 2.31. The molecule has 1 rings (SSSR count). The molecule has 0 radical (unpaired) electrons. The lowest BCUT2D eigenvalue weighted by molar-refractivity contribution is -0.136. The molecule has 0 fully saturated rings. The highest BCUT2D eigenvalue weighted by molar-refractivity contribution is 5.95. The van der Waals surface area contributed by atoms with Crippen LogP contribution in [0.3, 0.4) is 0 Å². The third kappa shape index (κ3) is 4.62. The van der Waals surface area contributed by atoms with E-state index in [2.05, 4.69) is 0 Å². The molecule has 0 bridgehead atoms. The van der Waals surface area contributed by atoms with E-state index >= 15 is 0 Å². The molecule has 0 atom stereocenters. The van der Waals surface area contributed by atoms with E-state index in [-0.39, 0.29) is 36.2 Å². The largest absolute Gasteiger partial charge is 0.481 e. The van der Waals surface area contributed by atoms with Crippen LogP contribution in [-0.2, 0) is 20.7 Å². The smallest absolute Gasteiger partial charge is 0.339 e. The van der Waals surface area contributed by atoms with Gasteiger partial charge in [0.15, 0.2) is 13.6 Å². The summed E-state index contributed by atoms with van der Waals surface area (Å²) in [7, 11) is 2.78. The number of carboxylic acid groups (broad SMARTS) is 2. The van der Waals surface area contributed by atoms with Gasteiger partial charge in [-0.3, -0.25) is 4.79 Å². The Morgan fingerprint density at radius 3 is 2.00 bits per heavy atom. The Morgan fingerprint density at radius 2 is 1.52 bits per heavy atom. The first kappa shape index (κ1) is 16.7. The van der Waals surface area contributed by atoms with Gasteiger partial charge < -0.3 is 29.2 Å². The lowest BCUT2D eigenvalue weighted by Crippen LogP contribution is -2.14. The second-order valence-electron chi connectivity index (χ2n) is 3.89. The van der Waals surface area contributed by atoms with Crippen molar-refractivity contribution in [1.82, 2.24) is 0 Å². The summed E-state index contributed by atoms with van der Waals surface area (Å²) in [6, 6.07) is 2.80. The van der Waals surface area contributed by atoms with Gasteiger partial charge in [-0.15, -0.1) is 0 Å². The third-order valence-corrected chi connectivity index (χ3v) is 2.44. The van der Waals surface area contributed by atoms with Crippen LogP contribution < -0.4 is 9.47 Å². The highest BCUT2D eigenvalue weighted by atomic mass is 16.7. The lowest BCUT2D eigenvalue weighted by atomic mass is 10.0. The molecule has 0 aliphatic carbocycles. The molecule has 0 aromatic heterocycles. The molecule has 0 aliphatic heterocycles. The van der Waals surface area contributed by atoms with Gasteiger partial charge in [-0.1, -0.05) is 0 Å². The maximum Gasteiger partial charge on any atom is 0.339 e. The zero-order valence-corrected chi connectivity index (χ0v) is 11.6. The number of hydrogen-bond donors (Lipinski definition) is 2. The standard InChI is InChI=1S/C13H16O8/c1-18-6-20-9-3-4-10(21-7-19-2)12(13(16)17)8(9)5-11(14)15/h3-4H,5-7H2,1-2H3,(H,14,15)(H,16,17). The lowest BCUT2D eigenvalue weighted by Gasteiger charge is -2.15. The topological polar surface area (TPSA) is 112 Å². The van der Waals surface area contributed by atoms with Crippen molar-refractivity contribution in [3.8, 4) is 11.5 Å². The number of carboxylic acids is 2. The second kappa shape index (κ2) is 8.08. The fraction of sp³-hybridized carbons (Fsp3) is 0.385. The minimum atomic E-state index is -1.32. The van der Waals surface area contributed by atoms with Crippen molar-refractivity contribution in [3.63, 3.8) is 0 Å². The van der Waals surface area contributed by atoms with E-state index in [0.717, 1.165) is 0 Å². The molecule has 21 heavy (non-hydrogen) atoms. The normalized spacial score (nSPS) is 10.2. The Bertz CT molecular complexity index is 511. The van der Waals surface area contributed by atoms with Crippen molar-refractivity contribution in [2.75, 3.05) is 27.8 Å². The zero-order chi connectivity index (χ0) is 15.8. The number of rotatable bonds is 9. The van der Waals surface area contributed by atoms with E-state index in [0.29, 0.717) is 0 Å². The molecule has 8 nitrogen and oxygen atoms in total. The maximum atomic E-state index is 11.4. The summed E-state index contributed by atoms with van der Waals surface area (Å²) in [6.07, 6.45) is -0.523. The zero-order valence-electron chi connectivity index (χ0n) is 11.6. The van der Waals surface area contributed by atoms with Crippen molar-refractivity contribution in [2.24, 2.45) is 0 Å². The molecule has 8 heteroatoms. The summed E-state index contributed by atoms with van der Waals surface area (Å²) < 4.78 is 19.8. The molecule has 0 amide bonds. The molecule has 0 heterocycles. The monoisotopic (exact) mass is 300 g/mol. The number of aliphatic carboxylic acids is 1. The fourth-order valence-corrected chi connectivity index (χ4v) is 1.67. The number of benzene rings is 1. The van der Waals surface area contributed by atoms with Crippen molar-refractivity contribution in [3.05, 3.63) is 23.3 Å². The van der Waals surface area contributed by atoms with Crippen molar-refractivity contribution in [2.45, 2.75) is 6.42 Å². The van der Waals surface area contributed by atoms with Crippen molar-refractivity contribution >= 4 is 11.9 Å². The van der Waals surface area contributed by atoms with Gasteiger partial charge in [0, 0.05) is 19.8 Å². The quantitative estimate of drug-likeness (QED) is 0.649. The van der Waals surface area contributed by atoms with Crippen LogP contribution in [0.15, 0.2) is 12.1 Å². The summed E-state index contributed by atoms with van der Waals surface area (Å²) in [5, 5.41) is 18.3. The van der Waals surface area contributed by atoms with Crippen LogP contribution in [0.1, 0.15) is 15.9 Å². The number of aromatic carboxylic acids is 1. The fourth-order valence-electron chi connectivity index (χ4n) is 1.67. The molecule has 116 valence electrons. The van der Waals surface area contributed by atoms with Crippen LogP contribution in [0, 0.1) is 0 Å². The summed E-state index contributed by atoms with van der Waals surface area (Å²) in [5.41, 5.74) is -0.274. The predicted molar refractivity (Wildman–Crippen MR) is 69.7 cm³/mol. The van der Waals surface area contributed by atoms with E-state index in [9.17, 15) is 14.7 Å². The molecule has 1 aromatic carbocycles. The van der Waals surface area contributed by atoms with E-state index in [1.165, 1.54) is 26.4 Å². The number of hydrogen-bond acceptors (Lipinski definition) is 6. The number of methoxy groups -OCH3 is 2. The first-order valence-electron chi connectivity index (χ1n) is 5.85. The van der Waals surface area contributed by atoms with Gasteiger partial charge in [0.05, 0.1) is 6.42 Å². The molecular weight excluding hydrogens is 284 g/mol. The van der Waals surface area contributed by atoms with Gasteiger partial charge in [0.1, 0.15) is 17.1 Å². The first-order chi connectivity index (χ1) is 10.0. The molecule has 2 N–H and O–H groups in total. The molecule has 0 aliphatic rings. The van der Waals surface area contributed by atoms with Gasteiger partial charge in [-0.25, -0.2) is 4.79 Å². The Hall–Kier alpha value is -2.32. The Balaban J connectivity index is 3.30. The Morgan fingerprint density at radius 1 is 1.00 bits per heavy atom. The molecule has 1 aromatic rings. The first-order valence-corrected chi connectivity index (χ1v) is 5.85. The van der Waals surface area contributed by atoms with Crippen LogP contribution in [-0.4, -0.2) is 50.0 Å². The SMILES string of the molecule is COCOc1ccc(OCOC)c(C(=O)O)c1CC(=O)O. The minimum absolute atomic E-state index is 0.000605. The highest BCUT2D eigenvalue weighted by Gasteiger charge is 2.23. The van der Waals surface area contributed by atoms with Crippen LogP contribution >= 0.6 is 0 Å².